The van der Waals surface area contributed by atoms with Gasteiger partial charge in [-0.05, 0) is 37.9 Å². The summed E-state index contributed by atoms with van der Waals surface area (Å²) in [6.45, 7) is 4.97. The molecule has 0 spiro atoms. The molecular formula is C15H23ClN2O2. The number of benzene rings is 1. The molecule has 0 saturated heterocycles. The summed E-state index contributed by atoms with van der Waals surface area (Å²) in [4.78, 5) is 11.9. The van der Waals surface area contributed by atoms with E-state index >= 15 is 0 Å². The number of unbranched alkanes of at least 4 members (excludes halogenated alkanes) is 1. The van der Waals surface area contributed by atoms with Crippen molar-refractivity contribution >= 4 is 17.5 Å². The van der Waals surface area contributed by atoms with Gasteiger partial charge in [0, 0.05) is 6.54 Å². The van der Waals surface area contributed by atoms with Gasteiger partial charge in [-0.15, -0.1) is 0 Å². The summed E-state index contributed by atoms with van der Waals surface area (Å²) in [5.74, 6) is 0.426. The molecule has 5 heteroatoms. The van der Waals surface area contributed by atoms with Crippen molar-refractivity contribution in [3.63, 3.8) is 0 Å². The maximum atomic E-state index is 11.9. The van der Waals surface area contributed by atoms with Crippen LogP contribution in [0, 0.1) is 0 Å². The number of carbonyl (C=O) groups excluding carboxylic acids is 1. The number of nitrogens with one attached hydrogen (secondary N) is 1. The summed E-state index contributed by atoms with van der Waals surface area (Å²) < 4.78 is 5.72. The Morgan fingerprint density at radius 3 is 2.90 bits per heavy atom. The van der Waals surface area contributed by atoms with E-state index in [-0.39, 0.29) is 5.91 Å². The van der Waals surface area contributed by atoms with Gasteiger partial charge in [-0.1, -0.05) is 37.1 Å². The van der Waals surface area contributed by atoms with Gasteiger partial charge in [0.2, 0.25) is 0 Å². The zero-order valence-electron chi connectivity index (χ0n) is 12.1. The molecule has 0 fully saturated rings. The average molecular weight is 299 g/mol. The van der Waals surface area contributed by atoms with Gasteiger partial charge in [-0.25, -0.2) is 0 Å². The second kappa shape index (κ2) is 8.82. The lowest BCUT2D eigenvalue weighted by Gasteiger charge is -2.18. The van der Waals surface area contributed by atoms with Crippen molar-refractivity contribution in [1.82, 2.24) is 5.32 Å². The van der Waals surface area contributed by atoms with Gasteiger partial charge in [0.25, 0.3) is 5.91 Å². The molecule has 0 aromatic heterocycles. The van der Waals surface area contributed by atoms with Crippen molar-refractivity contribution in [2.24, 2.45) is 5.73 Å². The normalized spacial score (nSPS) is 12.0. The molecule has 3 N–H and O–H groups in total. The number of hydrogen-bond donors (Lipinski definition) is 2. The lowest BCUT2D eigenvalue weighted by molar-refractivity contribution is -0.127. The fraction of sp³-hybridized carbons (Fsp3) is 0.533. The van der Waals surface area contributed by atoms with Crippen LogP contribution in [0.1, 0.15) is 32.3 Å². The first-order valence-electron chi connectivity index (χ1n) is 7.02. The number of rotatable bonds is 8. The maximum absolute atomic E-state index is 11.9. The Kier molecular flexibility index (Phi) is 7.41. The Hall–Kier alpha value is -1.26. The third kappa shape index (κ3) is 5.02. The van der Waals surface area contributed by atoms with E-state index in [4.69, 9.17) is 22.1 Å². The summed E-state index contributed by atoms with van der Waals surface area (Å²) in [6.07, 6.45) is 2.09. The molecule has 1 unspecified atom stereocenters. The van der Waals surface area contributed by atoms with Crippen LogP contribution in [0.15, 0.2) is 18.2 Å². The number of para-hydroxylation sites is 1. The summed E-state index contributed by atoms with van der Waals surface area (Å²) in [5.41, 5.74) is 6.50. The van der Waals surface area contributed by atoms with Gasteiger partial charge in [-0.2, -0.15) is 0 Å². The monoisotopic (exact) mass is 298 g/mol. The molecule has 1 aromatic carbocycles. The molecule has 20 heavy (non-hydrogen) atoms. The Balaban J connectivity index is 2.69. The number of nitrogens with two attached hydrogens (primary N) is 1. The third-order valence-corrected chi connectivity index (χ3v) is 3.25. The van der Waals surface area contributed by atoms with Gasteiger partial charge < -0.3 is 15.8 Å². The van der Waals surface area contributed by atoms with Crippen LogP contribution in [-0.4, -0.2) is 25.1 Å². The van der Waals surface area contributed by atoms with E-state index in [1.165, 1.54) is 0 Å². The summed E-state index contributed by atoms with van der Waals surface area (Å²) in [6, 6.07) is 5.51. The molecule has 0 bridgehead atoms. The zero-order chi connectivity index (χ0) is 15.0. The lowest BCUT2D eigenvalue weighted by atomic mass is 10.1. The third-order valence-electron chi connectivity index (χ3n) is 2.96. The van der Waals surface area contributed by atoms with Crippen LogP contribution in [-0.2, 0) is 11.2 Å². The molecule has 1 amide bonds. The smallest absolute Gasteiger partial charge is 0.260 e. The van der Waals surface area contributed by atoms with Crippen LogP contribution < -0.4 is 15.8 Å². The van der Waals surface area contributed by atoms with Crippen LogP contribution >= 0.6 is 11.6 Å². The van der Waals surface area contributed by atoms with Crippen molar-refractivity contribution in [1.29, 1.82) is 0 Å². The van der Waals surface area contributed by atoms with Gasteiger partial charge in [0.1, 0.15) is 5.75 Å². The highest BCUT2D eigenvalue weighted by Crippen LogP contribution is 2.29. The standard InChI is InChI=1S/C15H23ClN2O2/c1-3-4-10-18-15(19)11(2)20-14-12(8-9-17)6-5-7-13(14)16/h5-7,11H,3-4,8-10,17H2,1-2H3,(H,18,19). The SMILES string of the molecule is CCCCNC(=O)C(C)Oc1c(Cl)cccc1CCN. The van der Waals surface area contributed by atoms with Crippen LogP contribution in [0.4, 0.5) is 0 Å². The van der Waals surface area contributed by atoms with E-state index in [1.807, 2.05) is 12.1 Å². The number of amides is 1. The largest absolute Gasteiger partial charge is 0.479 e. The summed E-state index contributed by atoms with van der Waals surface area (Å²) in [5, 5.41) is 3.35. The van der Waals surface area contributed by atoms with Crippen LogP contribution in [0.25, 0.3) is 0 Å². The number of carbonyl (C=O) groups is 1. The van der Waals surface area contributed by atoms with Gasteiger partial charge in [0.15, 0.2) is 6.10 Å². The molecule has 0 aliphatic heterocycles. The molecule has 0 heterocycles. The van der Waals surface area contributed by atoms with E-state index < -0.39 is 6.10 Å². The molecule has 1 atom stereocenters. The molecule has 1 aromatic rings. The fourth-order valence-electron chi connectivity index (χ4n) is 1.80. The molecule has 1 rings (SSSR count). The van der Waals surface area contributed by atoms with Crippen molar-refractivity contribution in [2.45, 2.75) is 39.2 Å². The number of ether oxygens (including phenoxy) is 1. The average Bonchev–Trinajstić information content (AvgIpc) is 2.43. The zero-order valence-corrected chi connectivity index (χ0v) is 12.9. The molecule has 0 radical (unpaired) electrons. The van der Waals surface area contributed by atoms with Gasteiger partial charge in [-0.3, -0.25) is 4.79 Å². The highest BCUT2D eigenvalue weighted by atomic mass is 35.5. The van der Waals surface area contributed by atoms with E-state index in [9.17, 15) is 4.79 Å². The Labute approximate surface area is 125 Å². The Morgan fingerprint density at radius 2 is 2.25 bits per heavy atom. The van der Waals surface area contributed by atoms with E-state index in [0.717, 1.165) is 18.4 Å². The fourth-order valence-corrected chi connectivity index (χ4v) is 2.04. The predicted octanol–water partition coefficient (Wildman–Crippen LogP) is 2.52. The maximum Gasteiger partial charge on any atom is 0.260 e. The van der Waals surface area contributed by atoms with Crippen LogP contribution in [0.5, 0.6) is 5.75 Å². The van der Waals surface area contributed by atoms with Crippen molar-refractivity contribution < 1.29 is 9.53 Å². The molecule has 4 nitrogen and oxygen atoms in total. The van der Waals surface area contributed by atoms with Gasteiger partial charge >= 0.3 is 0 Å². The Morgan fingerprint density at radius 1 is 1.50 bits per heavy atom. The lowest BCUT2D eigenvalue weighted by Crippen LogP contribution is -2.37. The predicted molar refractivity (Wildman–Crippen MR) is 82.2 cm³/mol. The second-order valence-electron chi connectivity index (χ2n) is 4.67. The van der Waals surface area contributed by atoms with Crippen LogP contribution in [0.3, 0.4) is 0 Å². The quantitative estimate of drug-likeness (QED) is 0.725. The van der Waals surface area contributed by atoms with E-state index in [0.29, 0.717) is 30.3 Å². The Bertz CT molecular complexity index is 438. The first-order chi connectivity index (χ1) is 9.60. The summed E-state index contributed by atoms with van der Waals surface area (Å²) >= 11 is 6.14. The molecular weight excluding hydrogens is 276 g/mol. The number of hydrogen-bond acceptors (Lipinski definition) is 3. The van der Waals surface area contributed by atoms with Crippen LogP contribution in [0.2, 0.25) is 5.02 Å². The minimum absolute atomic E-state index is 0.128. The van der Waals surface area contributed by atoms with Crippen molar-refractivity contribution in [2.75, 3.05) is 13.1 Å². The first-order valence-corrected chi connectivity index (χ1v) is 7.39. The van der Waals surface area contributed by atoms with Crippen molar-refractivity contribution in [3.05, 3.63) is 28.8 Å². The molecule has 0 saturated carbocycles. The molecule has 0 aliphatic carbocycles. The number of halogens is 1. The van der Waals surface area contributed by atoms with E-state index in [2.05, 4.69) is 12.2 Å². The molecule has 0 aliphatic rings. The second-order valence-corrected chi connectivity index (χ2v) is 5.08. The summed E-state index contributed by atoms with van der Waals surface area (Å²) in [7, 11) is 0. The first kappa shape index (κ1) is 16.8. The van der Waals surface area contributed by atoms with Gasteiger partial charge in [0.05, 0.1) is 5.02 Å². The topological polar surface area (TPSA) is 64.3 Å². The highest BCUT2D eigenvalue weighted by Gasteiger charge is 2.17. The van der Waals surface area contributed by atoms with E-state index in [1.54, 1.807) is 13.0 Å². The highest BCUT2D eigenvalue weighted by molar-refractivity contribution is 6.32. The van der Waals surface area contributed by atoms with Crippen molar-refractivity contribution in [3.8, 4) is 5.75 Å². The minimum Gasteiger partial charge on any atom is -0.479 e. The molecule has 112 valence electrons. The minimum atomic E-state index is -0.580.